The maximum atomic E-state index is 5.81. The molecule has 1 unspecified atom stereocenters. The Morgan fingerprint density at radius 3 is 2.59 bits per heavy atom. The molecule has 1 fully saturated rings. The average molecular weight is 245 g/mol. The van der Waals surface area contributed by atoms with Crippen molar-refractivity contribution in [3.63, 3.8) is 0 Å². The Labute approximate surface area is 105 Å². The first-order valence-corrected chi connectivity index (χ1v) is 6.78. The molecule has 0 aromatic rings. The van der Waals surface area contributed by atoms with Gasteiger partial charge in [0.05, 0.1) is 32.5 Å². The molecule has 102 valence electrons. The van der Waals surface area contributed by atoms with Crippen molar-refractivity contribution < 1.29 is 14.2 Å². The predicted octanol–water partition coefficient (Wildman–Crippen LogP) is 1.59. The summed E-state index contributed by atoms with van der Waals surface area (Å²) in [7, 11) is 1.68. The molecule has 0 aromatic heterocycles. The molecule has 0 spiro atoms. The fraction of sp³-hybridized carbons (Fsp3) is 1.00. The van der Waals surface area contributed by atoms with Crippen LogP contribution in [0.25, 0.3) is 0 Å². The van der Waals surface area contributed by atoms with Gasteiger partial charge in [0.2, 0.25) is 0 Å². The zero-order valence-electron chi connectivity index (χ0n) is 11.2. The molecular formula is C13H27NO3. The molecule has 0 aliphatic heterocycles. The van der Waals surface area contributed by atoms with E-state index in [0.717, 1.165) is 19.0 Å². The minimum absolute atomic E-state index is 0.339. The SMILES string of the molecule is CCCC(CNC1CC1)OCCOCCOC. The highest BCUT2D eigenvalue weighted by atomic mass is 16.5. The van der Waals surface area contributed by atoms with Gasteiger partial charge in [0.1, 0.15) is 0 Å². The number of methoxy groups -OCH3 is 1. The predicted molar refractivity (Wildman–Crippen MR) is 68.4 cm³/mol. The van der Waals surface area contributed by atoms with E-state index in [0.29, 0.717) is 32.5 Å². The van der Waals surface area contributed by atoms with Crippen molar-refractivity contribution >= 4 is 0 Å². The van der Waals surface area contributed by atoms with Gasteiger partial charge in [-0.25, -0.2) is 0 Å². The van der Waals surface area contributed by atoms with Gasteiger partial charge in [-0.15, -0.1) is 0 Å². The van der Waals surface area contributed by atoms with E-state index in [1.807, 2.05) is 0 Å². The van der Waals surface area contributed by atoms with Gasteiger partial charge in [-0.1, -0.05) is 13.3 Å². The van der Waals surface area contributed by atoms with Crippen LogP contribution in [0.4, 0.5) is 0 Å². The molecule has 4 nitrogen and oxygen atoms in total. The third-order valence-corrected chi connectivity index (χ3v) is 2.84. The molecule has 0 radical (unpaired) electrons. The largest absolute Gasteiger partial charge is 0.382 e. The lowest BCUT2D eigenvalue weighted by Crippen LogP contribution is -2.31. The van der Waals surface area contributed by atoms with Crippen LogP contribution in [0.1, 0.15) is 32.6 Å². The Hall–Kier alpha value is -0.160. The van der Waals surface area contributed by atoms with Crippen molar-refractivity contribution in [3.05, 3.63) is 0 Å². The van der Waals surface area contributed by atoms with E-state index in [9.17, 15) is 0 Å². The zero-order valence-corrected chi connectivity index (χ0v) is 11.2. The minimum atomic E-state index is 0.339. The number of ether oxygens (including phenoxy) is 3. The van der Waals surface area contributed by atoms with E-state index in [1.165, 1.54) is 19.3 Å². The van der Waals surface area contributed by atoms with Gasteiger partial charge in [-0.3, -0.25) is 0 Å². The van der Waals surface area contributed by atoms with Crippen molar-refractivity contribution in [2.24, 2.45) is 0 Å². The average Bonchev–Trinajstić information content (AvgIpc) is 3.14. The van der Waals surface area contributed by atoms with Crippen LogP contribution in [-0.2, 0) is 14.2 Å². The van der Waals surface area contributed by atoms with E-state index < -0.39 is 0 Å². The Balaban J connectivity index is 1.94. The Bertz CT molecular complexity index is 174. The summed E-state index contributed by atoms with van der Waals surface area (Å²) in [6.07, 6.45) is 5.30. The van der Waals surface area contributed by atoms with Crippen LogP contribution >= 0.6 is 0 Å². The maximum absolute atomic E-state index is 5.81. The van der Waals surface area contributed by atoms with Gasteiger partial charge in [0.25, 0.3) is 0 Å². The molecule has 17 heavy (non-hydrogen) atoms. The summed E-state index contributed by atoms with van der Waals surface area (Å²) >= 11 is 0. The maximum Gasteiger partial charge on any atom is 0.0704 e. The molecule has 1 aliphatic rings. The molecule has 0 aromatic carbocycles. The van der Waals surface area contributed by atoms with Crippen molar-refractivity contribution in [1.82, 2.24) is 5.32 Å². The van der Waals surface area contributed by atoms with Gasteiger partial charge >= 0.3 is 0 Å². The quantitative estimate of drug-likeness (QED) is 0.530. The summed E-state index contributed by atoms with van der Waals surface area (Å²) in [4.78, 5) is 0. The van der Waals surface area contributed by atoms with Gasteiger partial charge < -0.3 is 19.5 Å². The van der Waals surface area contributed by atoms with Crippen molar-refractivity contribution in [3.8, 4) is 0 Å². The van der Waals surface area contributed by atoms with Crippen LogP contribution in [0.2, 0.25) is 0 Å². The Morgan fingerprint density at radius 1 is 1.18 bits per heavy atom. The standard InChI is InChI=1S/C13H27NO3/c1-3-4-13(11-14-12-5-6-12)17-10-9-16-8-7-15-2/h12-14H,3-11H2,1-2H3. The lowest BCUT2D eigenvalue weighted by Gasteiger charge is -2.18. The lowest BCUT2D eigenvalue weighted by molar-refractivity contribution is -0.00878. The Kier molecular flexibility index (Phi) is 8.61. The zero-order chi connectivity index (χ0) is 12.3. The number of rotatable bonds is 12. The van der Waals surface area contributed by atoms with Crippen LogP contribution in [0.3, 0.4) is 0 Å². The smallest absolute Gasteiger partial charge is 0.0704 e. The molecule has 0 bridgehead atoms. The van der Waals surface area contributed by atoms with Crippen LogP contribution in [-0.4, -0.2) is 52.2 Å². The first-order chi connectivity index (χ1) is 8.36. The highest BCUT2D eigenvalue weighted by Crippen LogP contribution is 2.18. The van der Waals surface area contributed by atoms with Crippen LogP contribution in [0.15, 0.2) is 0 Å². The van der Waals surface area contributed by atoms with Crippen molar-refractivity contribution in [1.29, 1.82) is 0 Å². The summed E-state index contributed by atoms with van der Waals surface area (Å²) < 4.78 is 16.1. The molecule has 1 aliphatic carbocycles. The van der Waals surface area contributed by atoms with E-state index >= 15 is 0 Å². The van der Waals surface area contributed by atoms with Gasteiger partial charge in [-0.05, 0) is 19.3 Å². The monoisotopic (exact) mass is 245 g/mol. The van der Waals surface area contributed by atoms with Crippen LogP contribution in [0, 0.1) is 0 Å². The molecular weight excluding hydrogens is 218 g/mol. The van der Waals surface area contributed by atoms with E-state index in [4.69, 9.17) is 14.2 Å². The molecule has 0 amide bonds. The molecule has 0 saturated heterocycles. The second kappa shape index (κ2) is 9.83. The second-order valence-electron chi connectivity index (χ2n) is 4.57. The van der Waals surface area contributed by atoms with E-state index in [2.05, 4.69) is 12.2 Å². The first kappa shape index (κ1) is 14.9. The fourth-order valence-corrected chi connectivity index (χ4v) is 1.67. The van der Waals surface area contributed by atoms with Crippen molar-refractivity contribution in [2.75, 3.05) is 40.1 Å². The molecule has 0 heterocycles. The van der Waals surface area contributed by atoms with Crippen molar-refractivity contribution in [2.45, 2.75) is 44.8 Å². The molecule has 1 saturated carbocycles. The highest BCUT2D eigenvalue weighted by Gasteiger charge is 2.21. The third kappa shape index (κ3) is 8.55. The molecule has 1 atom stereocenters. The summed E-state index contributed by atoms with van der Waals surface area (Å²) in [6.45, 7) is 5.83. The normalized spacial score (nSPS) is 17.3. The topological polar surface area (TPSA) is 39.7 Å². The second-order valence-corrected chi connectivity index (χ2v) is 4.57. The summed E-state index contributed by atoms with van der Waals surface area (Å²) in [5, 5.41) is 3.52. The van der Waals surface area contributed by atoms with Gasteiger partial charge in [0, 0.05) is 19.7 Å². The number of nitrogens with one attached hydrogen (secondary N) is 1. The van der Waals surface area contributed by atoms with Gasteiger partial charge in [0.15, 0.2) is 0 Å². The van der Waals surface area contributed by atoms with Gasteiger partial charge in [-0.2, -0.15) is 0 Å². The fourth-order valence-electron chi connectivity index (χ4n) is 1.67. The molecule has 1 rings (SSSR count). The highest BCUT2D eigenvalue weighted by molar-refractivity contribution is 4.82. The first-order valence-electron chi connectivity index (χ1n) is 6.78. The third-order valence-electron chi connectivity index (χ3n) is 2.84. The summed E-state index contributed by atoms with van der Waals surface area (Å²) in [6, 6.07) is 0.760. The Morgan fingerprint density at radius 2 is 1.94 bits per heavy atom. The van der Waals surface area contributed by atoms with E-state index in [1.54, 1.807) is 7.11 Å². The number of hydrogen-bond acceptors (Lipinski definition) is 4. The lowest BCUT2D eigenvalue weighted by atomic mass is 10.2. The van der Waals surface area contributed by atoms with E-state index in [-0.39, 0.29) is 0 Å². The number of hydrogen-bond donors (Lipinski definition) is 1. The molecule has 1 N–H and O–H groups in total. The molecule has 4 heteroatoms. The summed E-state index contributed by atoms with van der Waals surface area (Å²) in [5.74, 6) is 0. The minimum Gasteiger partial charge on any atom is -0.382 e. The van der Waals surface area contributed by atoms with Crippen LogP contribution in [0.5, 0.6) is 0 Å². The van der Waals surface area contributed by atoms with Crippen LogP contribution < -0.4 is 5.32 Å². The summed E-state index contributed by atoms with van der Waals surface area (Å²) in [5.41, 5.74) is 0.